The van der Waals surface area contributed by atoms with Crippen LogP contribution in [-0.2, 0) is 9.53 Å². The van der Waals surface area contributed by atoms with Gasteiger partial charge >= 0.3 is 11.9 Å². The van der Waals surface area contributed by atoms with E-state index < -0.39 is 18.0 Å². The molecule has 1 rings (SSSR count). The minimum Gasteiger partial charge on any atom is -0.497 e. The quantitative estimate of drug-likeness (QED) is 0.838. The van der Waals surface area contributed by atoms with Crippen LogP contribution in [0.5, 0.6) is 5.75 Å². The Labute approximate surface area is 117 Å². The predicted octanol–water partition coefficient (Wildman–Crippen LogP) is 2.69. The first kappa shape index (κ1) is 15.8. The topological polar surface area (TPSA) is 55.8 Å². The van der Waals surface area contributed by atoms with Gasteiger partial charge in [0.15, 0.2) is 6.10 Å². The average molecular weight is 339 g/mol. The second-order valence-corrected chi connectivity index (χ2v) is 4.49. The van der Waals surface area contributed by atoms with Crippen molar-refractivity contribution in [2.24, 2.45) is 0 Å². The zero-order chi connectivity index (χ0) is 14.6. The van der Waals surface area contributed by atoms with Crippen LogP contribution in [-0.4, -0.2) is 30.7 Å². The summed E-state index contributed by atoms with van der Waals surface area (Å²) in [5.41, 5.74) is -0.155. The van der Waals surface area contributed by atoms with E-state index in [0.717, 1.165) is 0 Å². The zero-order valence-electron chi connectivity index (χ0n) is 10.3. The van der Waals surface area contributed by atoms with Crippen LogP contribution in [0.2, 0.25) is 0 Å². The summed E-state index contributed by atoms with van der Waals surface area (Å²) >= 11 is 3.04. The number of aliphatic hydroxyl groups excluding tert-OH is 1. The summed E-state index contributed by atoms with van der Waals surface area (Å²) in [7, 11) is 1.36. The molecule has 1 N–H and O–H groups in total. The first-order valence-corrected chi connectivity index (χ1v) is 6.20. The molecule has 0 aliphatic heterocycles. The molecule has 0 aliphatic carbocycles. The lowest BCUT2D eigenvalue weighted by atomic mass is 10.0. The van der Waals surface area contributed by atoms with Crippen molar-refractivity contribution < 1.29 is 28.2 Å². The maximum absolute atomic E-state index is 13.7. The van der Waals surface area contributed by atoms with Crippen LogP contribution in [0.25, 0.3) is 0 Å². The summed E-state index contributed by atoms with van der Waals surface area (Å²) in [6, 6.07) is 4.20. The highest BCUT2D eigenvalue weighted by Crippen LogP contribution is 2.37. The van der Waals surface area contributed by atoms with Gasteiger partial charge in [-0.2, -0.15) is 8.78 Å². The molecule has 0 heterocycles. The minimum atomic E-state index is -4.04. The lowest BCUT2D eigenvalue weighted by molar-refractivity contribution is -0.189. The van der Waals surface area contributed by atoms with Crippen molar-refractivity contribution in [3.8, 4) is 5.75 Å². The third kappa shape index (κ3) is 3.42. The van der Waals surface area contributed by atoms with Gasteiger partial charge in [0.2, 0.25) is 0 Å². The van der Waals surface area contributed by atoms with Crippen molar-refractivity contribution in [1.29, 1.82) is 0 Å². The molecule has 0 amide bonds. The standard InChI is InChI=1S/C12H13BrF2O4/c1-3-19-11(17)12(14,15)10(16)8-6-7(18-2)4-5-9(8)13/h4-6,10,16H,3H2,1-2H3. The number of carbonyl (C=O) groups excluding carboxylic acids is 1. The van der Waals surface area contributed by atoms with Gasteiger partial charge in [-0.25, -0.2) is 4.79 Å². The van der Waals surface area contributed by atoms with Crippen molar-refractivity contribution in [3.05, 3.63) is 28.2 Å². The molecule has 0 saturated carbocycles. The second kappa shape index (κ2) is 6.29. The summed E-state index contributed by atoms with van der Waals surface area (Å²) in [6.07, 6.45) is -2.32. The van der Waals surface area contributed by atoms with E-state index in [0.29, 0.717) is 0 Å². The Kier molecular flexibility index (Phi) is 5.25. The Balaban J connectivity index is 3.11. The van der Waals surface area contributed by atoms with E-state index in [9.17, 15) is 18.7 Å². The third-order valence-electron chi connectivity index (χ3n) is 2.39. The molecule has 1 atom stereocenters. The largest absolute Gasteiger partial charge is 0.497 e. The molecule has 4 nitrogen and oxygen atoms in total. The molecule has 0 aromatic heterocycles. The van der Waals surface area contributed by atoms with Crippen LogP contribution < -0.4 is 4.74 Å². The normalized spacial score (nSPS) is 12.9. The number of esters is 1. The van der Waals surface area contributed by atoms with E-state index in [2.05, 4.69) is 20.7 Å². The lowest BCUT2D eigenvalue weighted by Crippen LogP contribution is -2.37. The van der Waals surface area contributed by atoms with E-state index >= 15 is 0 Å². The molecule has 106 valence electrons. The van der Waals surface area contributed by atoms with Gasteiger partial charge in [-0.3, -0.25) is 0 Å². The van der Waals surface area contributed by atoms with Crippen molar-refractivity contribution in [2.45, 2.75) is 19.0 Å². The molecular weight excluding hydrogens is 326 g/mol. The van der Waals surface area contributed by atoms with Gasteiger partial charge in [-0.05, 0) is 25.1 Å². The van der Waals surface area contributed by atoms with E-state index in [-0.39, 0.29) is 22.4 Å². The third-order valence-corrected chi connectivity index (χ3v) is 3.11. The molecule has 1 unspecified atom stereocenters. The van der Waals surface area contributed by atoms with Crippen LogP contribution >= 0.6 is 15.9 Å². The van der Waals surface area contributed by atoms with E-state index in [4.69, 9.17) is 4.74 Å². The molecule has 1 aromatic rings. The van der Waals surface area contributed by atoms with E-state index in [1.54, 1.807) is 0 Å². The zero-order valence-corrected chi connectivity index (χ0v) is 11.9. The van der Waals surface area contributed by atoms with Gasteiger partial charge in [-0.1, -0.05) is 15.9 Å². The van der Waals surface area contributed by atoms with Crippen molar-refractivity contribution in [2.75, 3.05) is 13.7 Å². The van der Waals surface area contributed by atoms with Crippen molar-refractivity contribution in [3.63, 3.8) is 0 Å². The molecular formula is C12H13BrF2O4. The van der Waals surface area contributed by atoms with Gasteiger partial charge in [0.1, 0.15) is 5.75 Å². The summed E-state index contributed by atoms with van der Waals surface area (Å²) in [5.74, 6) is -5.51. The number of carbonyl (C=O) groups is 1. The summed E-state index contributed by atoms with van der Waals surface area (Å²) < 4.78 is 36.8. The van der Waals surface area contributed by atoms with E-state index in [1.165, 1.54) is 32.2 Å². The molecule has 0 spiro atoms. The Hall–Kier alpha value is -1.21. The van der Waals surface area contributed by atoms with Crippen LogP contribution in [0.15, 0.2) is 22.7 Å². The number of hydrogen-bond donors (Lipinski definition) is 1. The summed E-state index contributed by atoms with van der Waals surface area (Å²) in [4.78, 5) is 11.2. The van der Waals surface area contributed by atoms with Gasteiger partial charge in [0.25, 0.3) is 0 Å². The van der Waals surface area contributed by atoms with E-state index in [1.807, 2.05) is 0 Å². The van der Waals surface area contributed by atoms with Crippen LogP contribution in [0.1, 0.15) is 18.6 Å². The fourth-order valence-corrected chi connectivity index (χ4v) is 1.86. The number of rotatable bonds is 5. The Morgan fingerprint density at radius 3 is 2.68 bits per heavy atom. The number of alkyl halides is 2. The maximum atomic E-state index is 13.7. The van der Waals surface area contributed by atoms with Gasteiger partial charge in [0, 0.05) is 10.0 Å². The predicted molar refractivity (Wildman–Crippen MR) is 67.2 cm³/mol. The highest BCUT2D eigenvalue weighted by atomic mass is 79.9. The molecule has 0 fully saturated rings. The second-order valence-electron chi connectivity index (χ2n) is 3.63. The monoisotopic (exact) mass is 338 g/mol. The molecule has 0 saturated heterocycles. The first-order chi connectivity index (χ1) is 8.84. The number of benzene rings is 1. The Bertz CT molecular complexity index is 465. The van der Waals surface area contributed by atoms with Gasteiger partial charge < -0.3 is 14.6 Å². The molecule has 7 heteroatoms. The maximum Gasteiger partial charge on any atom is 0.380 e. The number of aliphatic hydroxyl groups is 1. The van der Waals surface area contributed by atoms with Crippen LogP contribution in [0, 0.1) is 0 Å². The lowest BCUT2D eigenvalue weighted by Gasteiger charge is -2.22. The molecule has 0 bridgehead atoms. The molecule has 0 aliphatic rings. The van der Waals surface area contributed by atoms with Crippen LogP contribution in [0.4, 0.5) is 8.78 Å². The molecule has 1 aromatic carbocycles. The van der Waals surface area contributed by atoms with Crippen LogP contribution in [0.3, 0.4) is 0 Å². The number of halogens is 3. The fraction of sp³-hybridized carbons (Fsp3) is 0.417. The number of methoxy groups -OCH3 is 1. The Morgan fingerprint density at radius 2 is 2.16 bits per heavy atom. The SMILES string of the molecule is CCOC(=O)C(F)(F)C(O)c1cc(OC)ccc1Br. The summed E-state index contributed by atoms with van der Waals surface area (Å²) in [6.45, 7) is 1.21. The summed E-state index contributed by atoms with van der Waals surface area (Å²) in [5, 5.41) is 9.71. The van der Waals surface area contributed by atoms with Gasteiger partial charge in [0.05, 0.1) is 13.7 Å². The van der Waals surface area contributed by atoms with Crippen molar-refractivity contribution in [1.82, 2.24) is 0 Å². The highest BCUT2D eigenvalue weighted by Gasteiger charge is 2.49. The van der Waals surface area contributed by atoms with Crippen molar-refractivity contribution >= 4 is 21.9 Å². The minimum absolute atomic E-state index is 0.155. The molecule has 19 heavy (non-hydrogen) atoms. The average Bonchev–Trinajstić information content (AvgIpc) is 2.38. The fourth-order valence-electron chi connectivity index (χ4n) is 1.39. The Morgan fingerprint density at radius 1 is 1.53 bits per heavy atom. The highest BCUT2D eigenvalue weighted by molar-refractivity contribution is 9.10. The number of ether oxygens (including phenoxy) is 2. The smallest absolute Gasteiger partial charge is 0.380 e. The van der Waals surface area contributed by atoms with Gasteiger partial charge in [-0.15, -0.1) is 0 Å². The molecule has 0 radical (unpaired) electrons. The first-order valence-electron chi connectivity index (χ1n) is 5.41. The number of hydrogen-bond acceptors (Lipinski definition) is 4.